The van der Waals surface area contributed by atoms with E-state index in [1.165, 1.54) is 0 Å². The Morgan fingerprint density at radius 3 is 2.73 bits per heavy atom. The van der Waals surface area contributed by atoms with Gasteiger partial charge in [-0.25, -0.2) is 4.68 Å². The quantitative estimate of drug-likeness (QED) is 0.686. The zero-order valence-corrected chi connectivity index (χ0v) is 9.60. The Bertz CT molecular complexity index is 297. The van der Waals surface area contributed by atoms with Crippen LogP contribution in [0.15, 0.2) is 0 Å². The Hall–Kier alpha value is -0.980. The summed E-state index contributed by atoms with van der Waals surface area (Å²) < 4.78 is 6.96. The SMILES string of the molecule is COCc1c(CN)nnn1CCN(C)C. The minimum atomic E-state index is 0.403. The summed E-state index contributed by atoms with van der Waals surface area (Å²) in [4.78, 5) is 2.10. The van der Waals surface area contributed by atoms with Crippen molar-refractivity contribution >= 4 is 0 Å². The fourth-order valence-electron chi connectivity index (χ4n) is 1.30. The van der Waals surface area contributed by atoms with Gasteiger partial charge in [0.05, 0.1) is 18.8 Å². The molecule has 0 atom stereocenters. The predicted octanol–water partition coefficient (Wildman–Crippen LogP) is -0.555. The maximum Gasteiger partial charge on any atom is 0.102 e. The predicted molar refractivity (Wildman–Crippen MR) is 57.2 cm³/mol. The highest BCUT2D eigenvalue weighted by Crippen LogP contribution is 2.06. The molecule has 0 saturated carbocycles. The number of ether oxygens (including phenoxy) is 1. The standard InChI is InChI=1S/C9H19N5O/c1-13(2)4-5-14-9(7-15-3)8(6-10)11-12-14/h4-7,10H2,1-3H3. The molecule has 0 amide bonds. The topological polar surface area (TPSA) is 69.2 Å². The summed E-state index contributed by atoms with van der Waals surface area (Å²) in [7, 11) is 5.71. The highest BCUT2D eigenvalue weighted by molar-refractivity contribution is 5.08. The van der Waals surface area contributed by atoms with Gasteiger partial charge < -0.3 is 15.4 Å². The van der Waals surface area contributed by atoms with Crippen molar-refractivity contribution in [3.8, 4) is 0 Å². The average Bonchev–Trinajstić information content (AvgIpc) is 2.58. The van der Waals surface area contributed by atoms with E-state index in [1.807, 2.05) is 18.8 Å². The molecule has 0 aliphatic heterocycles. The lowest BCUT2D eigenvalue weighted by Gasteiger charge is -2.11. The van der Waals surface area contributed by atoms with Gasteiger partial charge in [0.25, 0.3) is 0 Å². The smallest absolute Gasteiger partial charge is 0.102 e. The number of aromatic nitrogens is 3. The van der Waals surface area contributed by atoms with E-state index in [0.29, 0.717) is 13.2 Å². The van der Waals surface area contributed by atoms with Crippen LogP contribution in [0, 0.1) is 0 Å². The van der Waals surface area contributed by atoms with Crippen LogP contribution in [0.1, 0.15) is 11.4 Å². The van der Waals surface area contributed by atoms with Gasteiger partial charge in [0.15, 0.2) is 0 Å². The lowest BCUT2D eigenvalue weighted by atomic mass is 10.3. The molecule has 6 nitrogen and oxygen atoms in total. The third-order valence-electron chi connectivity index (χ3n) is 2.15. The highest BCUT2D eigenvalue weighted by Gasteiger charge is 2.10. The Balaban J connectivity index is 2.72. The average molecular weight is 213 g/mol. The lowest BCUT2D eigenvalue weighted by Crippen LogP contribution is -2.20. The second-order valence-corrected chi connectivity index (χ2v) is 3.65. The molecule has 0 bridgehead atoms. The number of methoxy groups -OCH3 is 1. The van der Waals surface area contributed by atoms with Crippen molar-refractivity contribution in [2.45, 2.75) is 19.7 Å². The molecule has 2 N–H and O–H groups in total. The molecule has 15 heavy (non-hydrogen) atoms. The second-order valence-electron chi connectivity index (χ2n) is 3.65. The third kappa shape index (κ3) is 3.26. The van der Waals surface area contributed by atoms with Crippen molar-refractivity contribution < 1.29 is 4.74 Å². The first kappa shape index (κ1) is 12.1. The van der Waals surface area contributed by atoms with E-state index in [9.17, 15) is 0 Å². The molecule has 1 heterocycles. The zero-order chi connectivity index (χ0) is 11.3. The maximum absolute atomic E-state index is 5.57. The minimum Gasteiger partial charge on any atom is -0.378 e. The molecule has 0 fully saturated rings. The van der Waals surface area contributed by atoms with E-state index in [2.05, 4.69) is 15.2 Å². The van der Waals surface area contributed by atoms with Crippen molar-refractivity contribution in [3.63, 3.8) is 0 Å². The van der Waals surface area contributed by atoms with E-state index in [0.717, 1.165) is 24.5 Å². The molecule has 0 aliphatic rings. The van der Waals surface area contributed by atoms with Gasteiger partial charge in [0, 0.05) is 20.2 Å². The van der Waals surface area contributed by atoms with Crippen LogP contribution < -0.4 is 5.73 Å². The van der Waals surface area contributed by atoms with Gasteiger partial charge in [-0.15, -0.1) is 5.10 Å². The molecule has 0 spiro atoms. The fraction of sp³-hybridized carbons (Fsp3) is 0.778. The Kier molecular flexibility index (Phi) is 4.67. The van der Waals surface area contributed by atoms with Crippen molar-refractivity contribution in [2.24, 2.45) is 5.73 Å². The Morgan fingerprint density at radius 1 is 1.47 bits per heavy atom. The summed E-state index contributed by atoms with van der Waals surface area (Å²) >= 11 is 0. The molecule has 0 saturated heterocycles. The van der Waals surface area contributed by atoms with Crippen LogP contribution in [0.25, 0.3) is 0 Å². The molecule has 1 rings (SSSR count). The van der Waals surface area contributed by atoms with Crippen LogP contribution in [0.4, 0.5) is 0 Å². The summed E-state index contributed by atoms with van der Waals surface area (Å²) in [6.45, 7) is 2.64. The summed E-state index contributed by atoms with van der Waals surface area (Å²) in [5.41, 5.74) is 7.36. The van der Waals surface area contributed by atoms with Crippen LogP contribution in [-0.4, -0.2) is 47.6 Å². The molecule has 0 aromatic carbocycles. The molecule has 1 aromatic rings. The zero-order valence-electron chi connectivity index (χ0n) is 9.60. The molecule has 0 unspecified atom stereocenters. The minimum absolute atomic E-state index is 0.403. The third-order valence-corrected chi connectivity index (χ3v) is 2.15. The van der Waals surface area contributed by atoms with Crippen molar-refractivity contribution in [3.05, 3.63) is 11.4 Å². The number of nitrogens with zero attached hydrogens (tertiary/aromatic N) is 4. The lowest BCUT2D eigenvalue weighted by molar-refractivity contribution is 0.174. The first-order valence-electron chi connectivity index (χ1n) is 4.94. The van der Waals surface area contributed by atoms with Gasteiger partial charge >= 0.3 is 0 Å². The normalized spacial score (nSPS) is 11.3. The molecule has 1 aromatic heterocycles. The van der Waals surface area contributed by atoms with Gasteiger partial charge in [0.1, 0.15) is 5.69 Å². The van der Waals surface area contributed by atoms with Crippen LogP contribution in [-0.2, 0) is 24.4 Å². The summed E-state index contributed by atoms with van der Waals surface area (Å²) in [5, 5.41) is 8.08. The van der Waals surface area contributed by atoms with Crippen LogP contribution in [0.5, 0.6) is 0 Å². The van der Waals surface area contributed by atoms with E-state index in [-0.39, 0.29) is 0 Å². The van der Waals surface area contributed by atoms with Crippen molar-refractivity contribution in [2.75, 3.05) is 27.7 Å². The number of rotatable bonds is 6. The van der Waals surface area contributed by atoms with Crippen LogP contribution in [0.2, 0.25) is 0 Å². The molecule has 86 valence electrons. The largest absolute Gasteiger partial charge is 0.378 e. The van der Waals surface area contributed by atoms with Gasteiger partial charge in [-0.3, -0.25) is 0 Å². The van der Waals surface area contributed by atoms with Gasteiger partial charge in [-0.2, -0.15) is 0 Å². The van der Waals surface area contributed by atoms with Gasteiger partial charge in [-0.05, 0) is 14.1 Å². The van der Waals surface area contributed by atoms with Crippen molar-refractivity contribution in [1.29, 1.82) is 0 Å². The summed E-state index contributed by atoms with van der Waals surface area (Å²) in [5.74, 6) is 0. The molecule has 6 heteroatoms. The van der Waals surface area contributed by atoms with E-state index < -0.39 is 0 Å². The van der Waals surface area contributed by atoms with E-state index in [1.54, 1.807) is 7.11 Å². The Morgan fingerprint density at radius 2 is 2.20 bits per heavy atom. The van der Waals surface area contributed by atoms with Crippen LogP contribution >= 0.6 is 0 Å². The summed E-state index contributed by atoms with van der Waals surface area (Å²) in [6, 6.07) is 0. The van der Waals surface area contributed by atoms with Crippen molar-refractivity contribution in [1.82, 2.24) is 19.9 Å². The molecular weight excluding hydrogens is 194 g/mol. The number of likely N-dealkylation sites (N-methyl/N-ethyl adjacent to an activating group) is 1. The number of hydrogen-bond acceptors (Lipinski definition) is 5. The first-order chi connectivity index (χ1) is 7.19. The van der Waals surface area contributed by atoms with Crippen LogP contribution in [0.3, 0.4) is 0 Å². The Labute approximate surface area is 90.0 Å². The van der Waals surface area contributed by atoms with E-state index >= 15 is 0 Å². The number of nitrogens with two attached hydrogens (primary N) is 1. The summed E-state index contributed by atoms with van der Waals surface area (Å²) in [6.07, 6.45) is 0. The van der Waals surface area contributed by atoms with E-state index in [4.69, 9.17) is 10.5 Å². The number of hydrogen-bond donors (Lipinski definition) is 1. The maximum atomic E-state index is 5.57. The highest BCUT2D eigenvalue weighted by atomic mass is 16.5. The molecule has 0 aliphatic carbocycles. The molecular formula is C9H19N5O. The van der Waals surface area contributed by atoms with Gasteiger partial charge in [0.2, 0.25) is 0 Å². The van der Waals surface area contributed by atoms with Gasteiger partial charge in [-0.1, -0.05) is 5.21 Å². The fourth-order valence-corrected chi connectivity index (χ4v) is 1.30. The first-order valence-corrected chi connectivity index (χ1v) is 4.94. The second kappa shape index (κ2) is 5.79. The monoisotopic (exact) mass is 213 g/mol. The molecule has 0 radical (unpaired) electrons.